The fourth-order valence-electron chi connectivity index (χ4n) is 4.20. The molecule has 1 aliphatic rings. The minimum Gasteiger partial charge on any atom is -0.360 e. The monoisotopic (exact) mass is 491 g/mol. The van der Waals surface area contributed by atoms with Crippen LogP contribution in [0.25, 0.3) is 0 Å². The molecule has 1 aromatic carbocycles. The Balaban J connectivity index is 1.47. The van der Waals surface area contributed by atoms with Crippen molar-refractivity contribution in [3.8, 4) is 0 Å². The molecule has 11 heteroatoms. The maximum Gasteiger partial charge on any atom is 0.248 e. The first-order chi connectivity index (χ1) is 15.7. The van der Waals surface area contributed by atoms with Crippen molar-refractivity contribution < 1.29 is 17.7 Å². The number of hydrogen-bond donors (Lipinski definition) is 1. The Labute approximate surface area is 197 Å². The molecule has 1 atom stereocenters. The molecule has 176 valence electrons. The van der Waals surface area contributed by atoms with E-state index in [2.05, 4.69) is 15.5 Å². The van der Waals surface area contributed by atoms with Crippen LogP contribution in [0.3, 0.4) is 0 Å². The Kier molecular flexibility index (Phi) is 6.60. The number of aromatic nitrogens is 3. The Hall–Kier alpha value is -2.69. The summed E-state index contributed by atoms with van der Waals surface area (Å²) < 4.78 is 34.4. The third-order valence-electron chi connectivity index (χ3n) is 6.00. The van der Waals surface area contributed by atoms with Crippen LogP contribution in [0.1, 0.15) is 41.7 Å². The zero-order valence-corrected chi connectivity index (χ0v) is 20.2. The molecule has 1 saturated heterocycles. The number of nitrogens with zero attached hydrogens (tertiary/aromatic N) is 4. The van der Waals surface area contributed by atoms with Crippen LogP contribution in [0.4, 0.5) is 0 Å². The lowest BCUT2D eigenvalue weighted by atomic mass is 9.96. The van der Waals surface area contributed by atoms with Gasteiger partial charge in [0.1, 0.15) is 22.5 Å². The van der Waals surface area contributed by atoms with Crippen molar-refractivity contribution >= 4 is 27.5 Å². The molecule has 9 nitrogen and oxygen atoms in total. The first kappa shape index (κ1) is 23.5. The fourth-order valence-corrected chi connectivity index (χ4v) is 6.08. The van der Waals surface area contributed by atoms with Gasteiger partial charge in [-0.15, -0.1) is 0 Å². The van der Waals surface area contributed by atoms with Crippen LogP contribution < -0.4 is 5.32 Å². The molecule has 4 rings (SSSR count). The van der Waals surface area contributed by atoms with E-state index in [9.17, 15) is 13.2 Å². The highest BCUT2D eigenvalue weighted by Gasteiger charge is 2.36. The number of aryl methyl sites for hydroxylation is 3. The maximum atomic E-state index is 13.2. The molecule has 1 amide bonds. The van der Waals surface area contributed by atoms with E-state index in [4.69, 9.17) is 16.1 Å². The predicted molar refractivity (Wildman–Crippen MR) is 122 cm³/mol. The van der Waals surface area contributed by atoms with Crippen LogP contribution in [0.5, 0.6) is 0 Å². The Morgan fingerprint density at radius 3 is 2.42 bits per heavy atom. The van der Waals surface area contributed by atoms with Gasteiger partial charge < -0.3 is 14.4 Å². The summed E-state index contributed by atoms with van der Waals surface area (Å²) in [6, 6.07) is 6.83. The van der Waals surface area contributed by atoms with Gasteiger partial charge in [0.15, 0.2) is 5.76 Å². The summed E-state index contributed by atoms with van der Waals surface area (Å²) in [6.07, 6.45) is 4.34. The maximum absolute atomic E-state index is 13.2. The fraction of sp³-hybridized carbons (Fsp3) is 0.409. The number of nitrogens with one attached hydrogen (secondary N) is 1. The van der Waals surface area contributed by atoms with Crippen molar-refractivity contribution in [2.75, 3.05) is 13.1 Å². The molecule has 0 saturated carbocycles. The first-order valence-electron chi connectivity index (χ1n) is 10.6. The van der Waals surface area contributed by atoms with E-state index in [0.29, 0.717) is 29.4 Å². The zero-order chi connectivity index (χ0) is 23.8. The number of sulfonamides is 1. The van der Waals surface area contributed by atoms with E-state index in [1.54, 1.807) is 32.2 Å². The van der Waals surface area contributed by atoms with E-state index in [-0.39, 0.29) is 35.6 Å². The number of benzene rings is 1. The average molecular weight is 492 g/mol. The summed E-state index contributed by atoms with van der Waals surface area (Å²) in [5, 5.41) is 7.47. The van der Waals surface area contributed by atoms with Crippen molar-refractivity contribution in [3.63, 3.8) is 0 Å². The van der Waals surface area contributed by atoms with Crippen LogP contribution in [0, 0.1) is 19.8 Å². The minimum atomic E-state index is -3.72. The van der Waals surface area contributed by atoms with Gasteiger partial charge in [0.25, 0.3) is 0 Å². The summed E-state index contributed by atoms with van der Waals surface area (Å²) in [4.78, 5) is 17.7. The van der Waals surface area contributed by atoms with E-state index in [1.165, 1.54) is 4.31 Å². The molecular formula is C22H26ClN5O4S. The van der Waals surface area contributed by atoms with Gasteiger partial charge in [0, 0.05) is 43.5 Å². The van der Waals surface area contributed by atoms with Crippen molar-refractivity contribution in [3.05, 3.63) is 64.5 Å². The second-order valence-electron chi connectivity index (χ2n) is 8.22. The number of carbonyl (C=O) groups is 1. The number of piperidine rings is 1. The molecule has 0 radical (unpaired) electrons. The molecule has 1 fully saturated rings. The summed E-state index contributed by atoms with van der Waals surface area (Å²) in [7, 11) is -1.85. The van der Waals surface area contributed by atoms with Crippen molar-refractivity contribution in [2.24, 2.45) is 13.0 Å². The molecule has 3 aromatic rings. The highest BCUT2D eigenvalue weighted by Crippen LogP contribution is 2.29. The third kappa shape index (κ3) is 4.68. The normalized spacial score (nSPS) is 16.6. The lowest BCUT2D eigenvalue weighted by Crippen LogP contribution is -2.44. The lowest BCUT2D eigenvalue weighted by molar-refractivity contribution is -0.126. The van der Waals surface area contributed by atoms with E-state index >= 15 is 0 Å². The smallest absolute Gasteiger partial charge is 0.248 e. The van der Waals surface area contributed by atoms with E-state index in [0.717, 1.165) is 5.56 Å². The van der Waals surface area contributed by atoms with Gasteiger partial charge in [0.05, 0.1) is 0 Å². The summed E-state index contributed by atoms with van der Waals surface area (Å²) in [5.41, 5.74) is 1.20. The van der Waals surface area contributed by atoms with Crippen molar-refractivity contribution in [1.82, 2.24) is 24.3 Å². The van der Waals surface area contributed by atoms with Gasteiger partial charge in [-0.25, -0.2) is 13.4 Å². The van der Waals surface area contributed by atoms with E-state index in [1.807, 2.05) is 29.9 Å². The van der Waals surface area contributed by atoms with Gasteiger partial charge in [-0.3, -0.25) is 4.79 Å². The number of rotatable bonds is 6. The molecule has 0 aliphatic carbocycles. The molecule has 2 aromatic heterocycles. The van der Waals surface area contributed by atoms with Crippen LogP contribution in [0.15, 0.2) is 46.1 Å². The van der Waals surface area contributed by atoms with Crippen molar-refractivity contribution in [1.29, 1.82) is 0 Å². The van der Waals surface area contributed by atoms with Gasteiger partial charge in [-0.1, -0.05) is 28.9 Å². The zero-order valence-electron chi connectivity index (χ0n) is 18.7. The number of halogens is 1. The van der Waals surface area contributed by atoms with Crippen LogP contribution >= 0.6 is 11.6 Å². The van der Waals surface area contributed by atoms with Gasteiger partial charge in [-0.2, -0.15) is 4.31 Å². The SMILES string of the molecule is Cc1noc(C)c1S(=O)(=O)N1CCC(C(=O)N[C@H](c2ccc(Cl)cc2)c2nccn2C)CC1. The molecule has 1 aliphatic heterocycles. The van der Waals surface area contributed by atoms with Crippen LogP contribution in [-0.4, -0.2) is 46.4 Å². The minimum absolute atomic E-state index is 0.114. The quantitative estimate of drug-likeness (QED) is 0.567. The molecule has 33 heavy (non-hydrogen) atoms. The molecule has 1 N–H and O–H groups in total. The summed E-state index contributed by atoms with van der Waals surface area (Å²) >= 11 is 6.04. The summed E-state index contributed by atoms with van der Waals surface area (Å²) in [6.45, 7) is 3.69. The Morgan fingerprint density at radius 2 is 1.88 bits per heavy atom. The number of amides is 1. The Morgan fingerprint density at radius 1 is 1.21 bits per heavy atom. The van der Waals surface area contributed by atoms with Gasteiger partial charge >= 0.3 is 0 Å². The van der Waals surface area contributed by atoms with Gasteiger partial charge in [0.2, 0.25) is 15.9 Å². The first-order valence-corrected chi connectivity index (χ1v) is 12.5. The number of carbonyl (C=O) groups excluding carboxylic acids is 1. The molecule has 3 heterocycles. The van der Waals surface area contributed by atoms with E-state index < -0.39 is 16.1 Å². The second-order valence-corrected chi connectivity index (χ2v) is 10.5. The molecule has 0 spiro atoms. The average Bonchev–Trinajstić information content (AvgIpc) is 3.37. The van der Waals surface area contributed by atoms with Gasteiger partial charge in [-0.05, 0) is 44.4 Å². The van der Waals surface area contributed by atoms with Crippen molar-refractivity contribution in [2.45, 2.75) is 37.6 Å². The molecular weight excluding hydrogens is 466 g/mol. The number of imidazole rings is 1. The molecule has 0 unspecified atom stereocenters. The topological polar surface area (TPSA) is 110 Å². The number of hydrogen-bond acceptors (Lipinski definition) is 6. The predicted octanol–water partition coefficient (Wildman–Crippen LogP) is 2.98. The lowest BCUT2D eigenvalue weighted by Gasteiger charge is -2.31. The summed E-state index contributed by atoms with van der Waals surface area (Å²) in [5.74, 6) is 0.529. The third-order valence-corrected chi connectivity index (χ3v) is 8.39. The molecule has 0 bridgehead atoms. The second kappa shape index (κ2) is 9.28. The highest BCUT2D eigenvalue weighted by molar-refractivity contribution is 7.89. The Bertz CT molecular complexity index is 1220. The standard InChI is InChI=1S/C22H26ClN5O4S/c1-14-20(15(2)32-26-14)33(30,31)28-11-8-17(9-12-28)22(29)25-19(21-24-10-13-27(21)3)16-4-6-18(23)7-5-16/h4-7,10,13,17,19H,8-9,11-12H2,1-3H3,(H,25,29)/t19-/m1/s1. The van der Waals surface area contributed by atoms with Crippen LogP contribution in [-0.2, 0) is 21.9 Å². The highest BCUT2D eigenvalue weighted by atomic mass is 35.5. The van der Waals surface area contributed by atoms with Crippen LogP contribution in [0.2, 0.25) is 5.02 Å². The largest absolute Gasteiger partial charge is 0.360 e.